The van der Waals surface area contributed by atoms with Gasteiger partial charge in [0.15, 0.2) is 0 Å². The fraction of sp³-hybridized carbons (Fsp3) is 0.684. The van der Waals surface area contributed by atoms with E-state index >= 15 is 0 Å². The summed E-state index contributed by atoms with van der Waals surface area (Å²) < 4.78 is 0. The Morgan fingerprint density at radius 1 is 1.00 bits per heavy atom. The Labute approximate surface area is 122 Å². The molecular formula is C19H26O. The summed E-state index contributed by atoms with van der Waals surface area (Å²) in [6.07, 6.45) is 8.58. The van der Waals surface area contributed by atoms with E-state index in [0.29, 0.717) is 17.1 Å². The van der Waals surface area contributed by atoms with Gasteiger partial charge in [0.05, 0.1) is 0 Å². The van der Waals surface area contributed by atoms with Crippen LogP contribution in [0.2, 0.25) is 0 Å². The van der Waals surface area contributed by atoms with Crippen LogP contribution in [0.4, 0.5) is 0 Å². The van der Waals surface area contributed by atoms with Gasteiger partial charge in [-0.05, 0) is 79.2 Å². The molecule has 0 atom stereocenters. The van der Waals surface area contributed by atoms with Crippen molar-refractivity contribution in [2.75, 3.05) is 0 Å². The van der Waals surface area contributed by atoms with Gasteiger partial charge in [0.2, 0.25) is 0 Å². The molecule has 4 bridgehead atoms. The number of aromatic hydroxyl groups is 1. The number of phenols is 1. The summed E-state index contributed by atoms with van der Waals surface area (Å²) in [5, 5.41) is 10.4. The molecule has 0 spiro atoms. The molecule has 0 heterocycles. The molecule has 1 nitrogen and oxygen atoms in total. The lowest BCUT2D eigenvalue weighted by molar-refractivity contribution is -0.00578. The molecule has 4 fully saturated rings. The van der Waals surface area contributed by atoms with Gasteiger partial charge in [-0.25, -0.2) is 0 Å². The highest BCUT2D eigenvalue weighted by molar-refractivity contribution is 5.46. The summed E-state index contributed by atoms with van der Waals surface area (Å²) in [6.45, 7) is 4.44. The summed E-state index contributed by atoms with van der Waals surface area (Å²) in [5.74, 6) is 3.82. The average Bonchev–Trinajstić information content (AvgIpc) is 2.36. The second kappa shape index (κ2) is 4.26. The highest BCUT2D eigenvalue weighted by Crippen LogP contribution is 2.61. The van der Waals surface area contributed by atoms with Crippen molar-refractivity contribution >= 4 is 0 Å². The van der Waals surface area contributed by atoms with Crippen molar-refractivity contribution in [3.05, 3.63) is 29.3 Å². The lowest BCUT2D eigenvalue weighted by atomic mass is 9.47. The van der Waals surface area contributed by atoms with E-state index in [-0.39, 0.29) is 0 Å². The summed E-state index contributed by atoms with van der Waals surface area (Å²) in [7, 11) is 0. The third-order valence-electron chi connectivity index (χ3n) is 6.27. The third kappa shape index (κ3) is 1.75. The van der Waals surface area contributed by atoms with Crippen molar-refractivity contribution in [1.82, 2.24) is 0 Å². The van der Waals surface area contributed by atoms with Crippen molar-refractivity contribution in [3.8, 4) is 5.75 Å². The molecule has 0 aliphatic heterocycles. The fourth-order valence-corrected chi connectivity index (χ4v) is 6.06. The highest BCUT2D eigenvalue weighted by atomic mass is 16.3. The van der Waals surface area contributed by atoms with Gasteiger partial charge in [-0.1, -0.05) is 26.0 Å². The van der Waals surface area contributed by atoms with E-state index in [9.17, 15) is 5.11 Å². The smallest absolute Gasteiger partial charge is 0.119 e. The number of hydrogen-bond acceptors (Lipinski definition) is 1. The fourth-order valence-electron chi connectivity index (χ4n) is 6.06. The topological polar surface area (TPSA) is 20.2 Å². The van der Waals surface area contributed by atoms with Crippen molar-refractivity contribution < 1.29 is 5.11 Å². The molecule has 0 amide bonds. The zero-order chi connectivity index (χ0) is 13.9. The quantitative estimate of drug-likeness (QED) is 0.803. The van der Waals surface area contributed by atoms with Gasteiger partial charge in [-0.3, -0.25) is 0 Å². The van der Waals surface area contributed by atoms with Crippen LogP contribution in [0.3, 0.4) is 0 Å². The molecule has 0 unspecified atom stereocenters. The molecule has 1 aromatic rings. The number of benzene rings is 1. The molecule has 1 heteroatoms. The molecule has 108 valence electrons. The molecular weight excluding hydrogens is 244 g/mol. The van der Waals surface area contributed by atoms with Crippen LogP contribution in [0.1, 0.15) is 69.4 Å². The Balaban J connectivity index is 1.83. The second-order valence-electron chi connectivity index (χ2n) is 8.09. The van der Waals surface area contributed by atoms with Gasteiger partial charge in [0.1, 0.15) is 5.75 Å². The lowest BCUT2D eigenvalue weighted by Gasteiger charge is -2.57. The van der Waals surface area contributed by atoms with E-state index < -0.39 is 0 Å². The van der Waals surface area contributed by atoms with Crippen LogP contribution in [0.5, 0.6) is 5.75 Å². The first-order valence-electron chi connectivity index (χ1n) is 8.40. The first-order valence-corrected chi connectivity index (χ1v) is 8.40. The van der Waals surface area contributed by atoms with Gasteiger partial charge in [0.25, 0.3) is 0 Å². The molecule has 0 radical (unpaired) electrons. The molecule has 0 saturated heterocycles. The van der Waals surface area contributed by atoms with Gasteiger partial charge in [0, 0.05) is 5.56 Å². The molecule has 4 aliphatic carbocycles. The Morgan fingerprint density at radius 3 is 2.05 bits per heavy atom. The number of hydrogen-bond donors (Lipinski definition) is 1. The first kappa shape index (κ1) is 12.7. The standard InChI is InChI=1S/C19H26O/c1-12(2)18-16(4-3-5-17(18)20)19-9-13-6-14(10-19)8-15(7-13)11-19/h3-5,12-15,20H,6-11H2,1-2H3. The summed E-state index contributed by atoms with van der Waals surface area (Å²) in [4.78, 5) is 0. The second-order valence-corrected chi connectivity index (χ2v) is 8.09. The average molecular weight is 270 g/mol. The maximum Gasteiger partial charge on any atom is 0.119 e. The highest BCUT2D eigenvalue weighted by Gasteiger charge is 2.52. The van der Waals surface area contributed by atoms with Crippen LogP contribution in [-0.2, 0) is 5.41 Å². The summed E-state index contributed by atoms with van der Waals surface area (Å²) in [6, 6.07) is 6.26. The van der Waals surface area contributed by atoms with Crippen molar-refractivity contribution in [2.45, 2.75) is 63.7 Å². The zero-order valence-electron chi connectivity index (χ0n) is 12.7. The van der Waals surface area contributed by atoms with Crippen LogP contribution < -0.4 is 0 Å². The van der Waals surface area contributed by atoms with E-state index in [1.54, 1.807) is 0 Å². The van der Waals surface area contributed by atoms with Crippen LogP contribution in [0, 0.1) is 17.8 Å². The van der Waals surface area contributed by atoms with E-state index in [4.69, 9.17) is 0 Å². The summed E-state index contributed by atoms with van der Waals surface area (Å²) >= 11 is 0. The third-order valence-corrected chi connectivity index (χ3v) is 6.27. The minimum absolute atomic E-state index is 0.396. The SMILES string of the molecule is CC(C)c1c(O)cccc1C12CC3CC(CC(C3)C1)C2. The molecule has 4 saturated carbocycles. The van der Waals surface area contributed by atoms with E-state index in [0.717, 1.165) is 17.8 Å². The molecule has 5 rings (SSSR count). The van der Waals surface area contributed by atoms with Gasteiger partial charge >= 0.3 is 0 Å². The minimum atomic E-state index is 0.396. The van der Waals surface area contributed by atoms with E-state index in [1.165, 1.54) is 49.7 Å². The van der Waals surface area contributed by atoms with Gasteiger partial charge < -0.3 is 5.11 Å². The Morgan fingerprint density at radius 2 is 1.55 bits per heavy atom. The van der Waals surface area contributed by atoms with Crippen molar-refractivity contribution in [2.24, 2.45) is 17.8 Å². The molecule has 1 N–H and O–H groups in total. The Bertz CT molecular complexity index is 493. The summed E-state index contributed by atoms with van der Waals surface area (Å²) in [5.41, 5.74) is 3.12. The number of rotatable bonds is 2. The Kier molecular flexibility index (Phi) is 2.71. The van der Waals surface area contributed by atoms with Crippen LogP contribution in [-0.4, -0.2) is 5.11 Å². The molecule has 0 aromatic heterocycles. The lowest BCUT2D eigenvalue weighted by Crippen LogP contribution is -2.49. The zero-order valence-corrected chi connectivity index (χ0v) is 12.7. The largest absolute Gasteiger partial charge is 0.508 e. The van der Waals surface area contributed by atoms with Gasteiger partial charge in [-0.15, -0.1) is 0 Å². The molecule has 4 aliphatic rings. The maximum absolute atomic E-state index is 10.4. The molecule has 20 heavy (non-hydrogen) atoms. The predicted molar refractivity (Wildman–Crippen MR) is 82.0 cm³/mol. The van der Waals surface area contributed by atoms with Crippen LogP contribution in [0.15, 0.2) is 18.2 Å². The minimum Gasteiger partial charge on any atom is -0.508 e. The van der Waals surface area contributed by atoms with E-state index in [1.807, 2.05) is 6.07 Å². The monoisotopic (exact) mass is 270 g/mol. The maximum atomic E-state index is 10.4. The van der Waals surface area contributed by atoms with Crippen LogP contribution >= 0.6 is 0 Å². The molecule has 1 aromatic carbocycles. The van der Waals surface area contributed by atoms with Crippen LogP contribution in [0.25, 0.3) is 0 Å². The van der Waals surface area contributed by atoms with Crippen molar-refractivity contribution in [1.29, 1.82) is 0 Å². The van der Waals surface area contributed by atoms with Crippen molar-refractivity contribution in [3.63, 3.8) is 0 Å². The predicted octanol–water partition coefficient (Wildman–Crippen LogP) is 4.98. The number of phenolic OH excluding ortho intramolecular Hbond substituents is 1. The normalized spacial score (nSPS) is 38.6. The first-order chi connectivity index (χ1) is 9.57. The van der Waals surface area contributed by atoms with E-state index in [2.05, 4.69) is 26.0 Å². The van der Waals surface area contributed by atoms with Gasteiger partial charge in [-0.2, -0.15) is 0 Å². The Hall–Kier alpha value is -0.980.